The molecule has 8 heteroatoms. The fourth-order valence-corrected chi connectivity index (χ4v) is 3.85. The number of carboxylic acid groups (broad SMARTS) is 1. The van der Waals surface area contributed by atoms with Crippen molar-refractivity contribution in [2.75, 3.05) is 7.11 Å². The van der Waals surface area contributed by atoms with Gasteiger partial charge in [-0.05, 0) is 42.8 Å². The Hall–Kier alpha value is -2.74. The number of ether oxygens (including phenoxy) is 3. The summed E-state index contributed by atoms with van der Waals surface area (Å²) in [6.45, 7) is 1.61. The lowest BCUT2D eigenvalue weighted by Crippen LogP contribution is -2.28. The molecule has 0 bridgehead atoms. The smallest absolute Gasteiger partial charge is 0.387 e. The molecule has 24 heavy (non-hydrogen) atoms. The van der Waals surface area contributed by atoms with E-state index in [1.54, 1.807) is 19.1 Å². The van der Waals surface area contributed by atoms with E-state index in [-0.39, 0.29) is 21.3 Å². The van der Waals surface area contributed by atoms with Crippen molar-refractivity contribution in [2.45, 2.75) is 23.0 Å². The first kappa shape index (κ1) is 16.1. The summed E-state index contributed by atoms with van der Waals surface area (Å²) in [5.74, 6) is -0.460. The first-order chi connectivity index (χ1) is 11.3. The lowest BCUT2D eigenvalue weighted by atomic mass is 10.2. The number of hydrogen-bond donors (Lipinski definition) is 1. The summed E-state index contributed by atoms with van der Waals surface area (Å²) in [5, 5.41) is 8.93. The topological polar surface area (TPSA) is 99.1 Å². The second-order valence-electron chi connectivity index (χ2n) is 5.15. The maximum Gasteiger partial charge on any atom is 0.387 e. The van der Waals surface area contributed by atoms with Crippen LogP contribution in [0.2, 0.25) is 0 Å². The monoisotopic (exact) mass is 350 g/mol. The molecule has 0 saturated carbocycles. The van der Waals surface area contributed by atoms with Crippen LogP contribution in [0.25, 0.3) is 0 Å². The van der Waals surface area contributed by atoms with E-state index in [0.717, 1.165) is 0 Å². The number of benzene rings is 2. The highest BCUT2D eigenvalue weighted by Crippen LogP contribution is 2.39. The maximum atomic E-state index is 12.8. The number of carboxylic acids is 1. The van der Waals surface area contributed by atoms with Gasteiger partial charge in [-0.3, -0.25) is 0 Å². The van der Waals surface area contributed by atoms with E-state index in [4.69, 9.17) is 19.3 Å². The molecular weight excluding hydrogens is 336 g/mol. The van der Waals surface area contributed by atoms with Crippen molar-refractivity contribution in [1.29, 1.82) is 0 Å². The fraction of sp³-hybridized carbons (Fsp3) is 0.188. The van der Waals surface area contributed by atoms with Gasteiger partial charge in [0, 0.05) is 6.07 Å². The fourth-order valence-electron chi connectivity index (χ4n) is 2.35. The molecule has 7 nitrogen and oxygen atoms in total. The third kappa shape index (κ3) is 2.65. The number of sulfone groups is 1. The van der Waals surface area contributed by atoms with Crippen LogP contribution in [0.15, 0.2) is 46.2 Å². The van der Waals surface area contributed by atoms with Gasteiger partial charge in [0.2, 0.25) is 9.84 Å². The number of aliphatic carboxylic acids is 1. The molecule has 0 amide bonds. The summed E-state index contributed by atoms with van der Waals surface area (Å²) >= 11 is 0. The summed E-state index contributed by atoms with van der Waals surface area (Å²) in [6, 6.07) is 8.73. The SMILES string of the molecule is COc1ccc(S(=O)(=O)c2cc3c(cc2C)OC(C(=O)O)O3)cc1. The predicted octanol–water partition coefficient (Wildman–Crippen LogP) is 2.02. The summed E-state index contributed by atoms with van der Waals surface area (Å²) in [7, 11) is -2.30. The van der Waals surface area contributed by atoms with Crippen molar-refractivity contribution in [3.63, 3.8) is 0 Å². The number of rotatable bonds is 4. The molecular formula is C16H14O7S. The van der Waals surface area contributed by atoms with Gasteiger partial charge in [0.05, 0.1) is 16.9 Å². The van der Waals surface area contributed by atoms with Gasteiger partial charge < -0.3 is 19.3 Å². The summed E-state index contributed by atoms with van der Waals surface area (Å²) < 4.78 is 40.9. The van der Waals surface area contributed by atoms with Gasteiger partial charge in [-0.1, -0.05) is 0 Å². The van der Waals surface area contributed by atoms with Crippen molar-refractivity contribution < 1.29 is 32.5 Å². The highest BCUT2D eigenvalue weighted by atomic mass is 32.2. The second-order valence-corrected chi connectivity index (χ2v) is 7.07. The van der Waals surface area contributed by atoms with Crippen LogP contribution < -0.4 is 14.2 Å². The molecule has 0 aromatic heterocycles. The summed E-state index contributed by atoms with van der Waals surface area (Å²) in [4.78, 5) is 11.1. The molecule has 3 rings (SSSR count). The lowest BCUT2D eigenvalue weighted by Gasteiger charge is -2.09. The van der Waals surface area contributed by atoms with Crippen LogP contribution in [0.3, 0.4) is 0 Å². The number of fused-ring (bicyclic) bond motifs is 1. The molecule has 0 saturated heterocycles. The average Bonchev–Trinajstić information content (AvgIpc) is 2.97. The molecule has 2 aromatic carbocycles. The Morgan fingerprint density at radius 1 is 1.12 bits per heavy atom. The highest BCUT2D eigenvalue weighted by Gasteiger charge is 2.33. The minimum Gasteiger partial charge on any atom is -0.497 e. The van der Waals surface area contributed by atoms with E-state index >= 15 is 0 Å². The van der Waals surface area contributed by atoms with E-state index < -0.39 is 22.1 Å². The molecule has 2 aromatic rings. The molecule has 1 aliphatic heterocycles. The van der Waals surface area contributed by atoms with E-state index in [1.165, 1.54) is 31.4 Å². The molecule has 1 aliphatic rings. The largest absolute Gasteiger partial charge is 0.497 e. The first-order valence-electron chi connectivity index (χ1n) is 6.93. The third-order valence-electron chi connectivity index (χ3n) is 3.57. The van der Waals surface area contributed by atoms with Gasteiger partial charge >= 0.3 is 12.3 Å². The molecule has 1 heterocycles. The Morgan fingerprint density at radius 3 is 2.25 bits per heavy atom. The summed E-state index contributed by atoms with van der Waals surface area (Å²) in [6.07, 6.45) is -1.47. The predicted molar refractivity (Wildman–Crippen MR) is 82.3 cm³/mol. The van der Waals surface area contributed by atoms with Crippen LogP contribution in [0.5, 0.6) is 17.2 Å². The highest BCUT2D eigenvalue weighted by molar-refractivity contribution is 7.91. The zero-order chi connectivity index (χ0) is 17.5. The Kier molecular flexibility index (Phi) is 3.84. The Morgan fingerprint density at radius 2 is 1.71 bits per heavy atom. The molecule has 0 spiro atoms. The quantitative estimate of drug-likeness (QED) is 0.900. The number of methoxy groups -OCH3 is 1. The number of hydrogen-bond acceptors (Lipinski definition) is 6. The molecule has 126 valence electrons. The Balaban J connectivity index is 2.03. The van der Waals surface area contributed by atoms with Crippen molar-refractivity contribution in [1.82, 2.24) is 0 Å². The maximum absolute atomic E-state index is 12.8. The van der Waals surface area contributed by atoms with Crippen LogP contribution in [0.4, 0.5) is 0 Å². The van der Waals surface area contributed by atoms with Gasteiger partial charge in [-0.25, -0.2) is 13.2 Å². The average molecular weight is 350 g/mol. The minimum absolute atomic E-state index is 0.0288. The number of carbonyl (C=O) groups is 1. The molecule has 1 unspecified atom stereocenters. The Bertz CT molecular complexity index is 901. The zero-order valence-corrected chi connectivity index (χ0v) is 13.7. The van der Waals surface area contributed by atoms with Gasteiger partial charge in [-0.2, -0.15) is 0 Å². The summed E-state index contributed by atoms with van der Waals surface area (Å²) in [5.41, 5.74) is 0.430. The van der Waals surface area contributed by atoms with E-state index in [9.17, 15) is 13.2 Å². The van der Waals surface area contributed by atoms with Gasteiger partial charge in [0.25, 0.3) is 0 Å². The van der Waals surface area contributed by atoms with Gasteiger partial charge in [0.1, 0.15) is 5.75 Å². The van der Waals surface area contributed by atoms with Crippen LogP contribution in [0.1, 0.15) is 5.56 Å². The Labute approximate surface area is 138 Å². The van der Waals surface area contributed by atoms with Crippen LogP contribution in [0, 0.1) is 6.92 Å². The van der Waals surface area contributed by atoms with E-state index in [0.29, 0.717) is 11.3 Å². The van der Waals surface area contributed by atoms with Crippen molar-refractivity contribution in [2.24, 2.45) is 0 Å². The van der Waals surface area contributed by atoms with Crippen LogP contribution in [-0.4, -0.2) is 32.9 Å². The van der Waals surface area contributed by atoms with E-state index in [1.807, 2.05) is 0 Å². The standard InChI is InChI=1S/C16H14O7S/c1-9-7-12-13(23-16(22-12)15(17)18)8-14(9)24(19,20)11-5-3-10(21-2)4-6-11/h3-8,16H,1-2H3,(H,17,18). The molecule has 1 atom stereocenters. The molecule has 1 N–H and O–H groups in total. The van der Waals surface area contributed by atoms with Crippen molar-refractivity contribution in [3.8, 4) is 17.2 Å². The minimum atomic E-state index is -3.79. The van der Waals surface area contributed by atoms with Crippen molar-refractivity contribution in [3.05, 3.63) is 42.0 Å². The first-order valence-corrected chi connectivity index (χ1v) is 8.41. The van der Waals surface area contributed by atoms with Crippen LogP contribution in [-0.2, 0) is 14.6 Å². The molecule has 0 fully saturated rings. The van der Waals surface area contributed by atoms with Crippen LogP contribution >= 0.6 is 0 Å². The molecule has 0 radical (unpaired) electrons. The van der Waals surface area contributed by atoms with Gasteiger partial charge in [0.15, 0.2) is 11.5 Å². The number of aryl methyl sites for hydroxylation is 1. The lowest BCUT2D eigenvalue weighted by molar-refractivity contribution is -0.154. The van der Waals surface area contributed by atoms with Crippen molar-refractivity contribution >= 4 is 15.8 Å². The normalized spacial score (nSPS) is 16.0. The zero-order valence-electron chi connectivity index (χ0n) is 12.8. The second kappa shape index (κ2) is 5.72. The molecule has 0 aliphatic carbocycles. The van der Waals surface area contributed by atoms with Gasteiger partial charge in [-0.15, -0.1) is 0 Å². The third-order valence-corrected chi connectivity index (χ3v) is 5.48. The van der Waals surface area contributed by atoms with E-state index in [2.05, 4.69) is 0 Å².